The second-order valence-electron chi connectivity index (χ2n) is 4.98. The first kappa shape index (κ1) is 13.4. The highest BCUT2D eigenvalue weighted by molar-refractivity contribution is 5.26. The molecule has 100 valence electrons. The predicted molar refractivity (Wildman–Crippen MR) is 65.5 cm³/mol. The first-order chi connectivity index (χ1) is 8.48. The average molecular weight is 257 g/mol. The van der Waals surface area contributed by atoms with Gasteiger partial charge >= 0.3 is 6.18 Å². The van der Waals surface area contributed by atoms with Gasteiger partial charge in [-0.25, -0.2) is 0 Å². The van der Waals surface area contributed by atoms with Crippen LogP contribution in [0.4, 0.5) is 13.2 Å². The lowest BCUT2D eigenvalue weighted by Gasteiger charge is -2.34. The molecule has 2 rings (SSSR count). The third-order valence-corrected chi connectivity index (χ3v) is 3.71. The molecule has 1 aromatic carbocycles. The van der Waals surface area contributed by atoms with E-state index in [4.69, 9.17) is 0 Å². The van der Waals surface area contributed by atoms with Crippen molar-refractivity contribution in [3.63, 3.8) is 0 Å². The van der Waals surface area contributed by atoms with E-state index in [9.17, 15) is 13.2 Å². The van der Waals surface area contributed by atoms with E-state index < -0.39 is 18.1 Å². The summed E-state index contributed by atoms with van der Waals surface area (Å²) in [6.07, 6.45) is -2.79. The summed E-state index contributed by atoms with van der Waals surface area (Å²) in [5.74, 6) is -1.22. The molecule has 2 atom stereocenters. The van der Waals surface area contributed by atoms with Crippen LogP contribution in [0.3, 0.4) is 0 Å². The zero-order valence-electron chi connectivity index (χ0n) is 10.4. The minimum atomic E-state index is -4.10. The monoisotopic (exact) mass is 257 g/mol. The summed E-state index contributed by atoms with van der Waals surface area (Å²) in [5, 5.41) is 3.03. The Hall–Kier alpha value is -1.03. The molecule has 1 aliphatic heterocycles. The number of hydrogen-bond donors (Lipinski definition) is 1. The van der Waals surface area contributed by atoms with E-state index in [1.807, 2.05) is 31.2 Å². The maximum atomic E-state index is 13.0. The van der Waals surface area contributed by atoms with Crippen molar-refractivity contribution in [1.29, 1.82) is 0 Å². The zero-order valence-corrected chi connectivity index (χ0v) is 10.4. The lowest BCUT2D eigenvalue weighted by molar-refractivity contribution is -0.188. The fourth-order valence-electron chi connectivity index (χ4n) is 2.64. The minimum absolute atomic E-state index is 0.243. The Kier molecular flexibility index (Phi) is 3.95. The van der Waals surface area contributed by atoms with E-state index in [1.54, 1.807) is 0 Å². The molecule has 0 aliphatic carbocycles. The second kappa shape index (κ2) is 5.31. The Labute approximate surface area is 105 Å². The predicted octanol–water partition coefficient (Wildman–Crippen LogP) is 3.47. The van der Waals surface area contributed by atoms with Crippen molar-refractivity contribution in [2.75, 3.05) is 6.54 Å². The van der Waals surface area contributed by atoms with Crippen LogP contribution in [0.15, 0.2) is 24.3 Å². The Morgan fingerprint density at radius 3 is 2.67 bits per heavy atom. The molecule has 18 heavy (non-hydrogen) atoms. The van der Waals surface area contributed by atoms with Crippen molar-refractivity contribution in [3.8, 4) is 0 Å². The summed E-state index contributed by atoms with van der Waals surface area (Å²) in [5.41, 5.74) is 2.07. The molecule has 1 heterocycles. The second-order valence-corrected chi connectivity index (χ2v) is 4.98. The molecule has 1 aliphatic rings. The summed E-state index contributed by atoms with van der Waals surface area (Å²) in [7, 11) is 0. The van der Waals surface area contributed by atoms with Gasteiger partial charge in [0, 0.05) is 6.04 Å². The van der Waals surface area contributed by atoms with Crippen LogP contribution in [0.2, 0.25) is 0 Å². The van der Waals surface area contributed by atoms with Crippen LogP contribution < -0.4 is 5.32 Å². The summed E-state index contributed by atoms with van der Waals surface area (Å²) < 4.78 is 38.9. The highest BCUT2D eigenvalue weighted by Crippen LogP contribution is 2.35. The molecule has 0 aromatic heterocycles. The normalized spacial score (nSPS) is 25.1. The molecule has 0 radical (unpaired) electrons. The summed E-state index contributed by atoms with van der Waals surface area (Å²) >= 11 is 0. The lowest BCUT2D eigenvalue weighted by Crippen LogP contribution is -2.48. The van der Waals surface area contributed by atoms with Crippen LogP contribution in [-0.2, 0) is 6.42 Å². The molecular weight excluding hydrogens is 239 g/mol. The summed E-state index contributed by atoms with van der Waals surface area (Å²) in [6.45, 7) is 2.63. The highest BCUT2D eigenvalue weighted by atomic mass is 19.4. The van der Waals surface area contributed by atoms with Crippen LogP contribution >= 0.6 is 0 Å². The third-order valence-electron chi connectivity index (χ3n) is 3.71. The van der Waals surface area contributed by atoms with Gasteiger partial charge in [0.2, 0.25) is 0 Å². The number of halogens is 3. The van der Waals surface area contributed by atoms with E-state index >= 15 is 0 Å². The quantitative estimate of drug-likeness (QED) is 0.855. The van der Waals surface area contributed by atoms with Gasteiger partial charge in [0.15, 0.2) is 0 Å². The molecule has 0 spiro atoms. The van der Waals surface area contributed by atoms with Gasteiger partial charge in [-0.05, 0) is 43.9 Å². The molecule has 1 N–H and O–H groups in total. The van der Waals surface area contributed by atoms with E-state index in [1.165, 1.54) is 0 Å². The SMILES string of the molecule is Cc1ccccc1CC1NCCCC1C(F)(F)F. The molecule has 2 unspecified atom stereocenters. The number of aryl methyl sites for hydroxylation is 1. The van der Waals surface area contributed by atoms with Crippen LogP contribution in [0.5, 0.6) is 0 Å². The van der Waals surface area contributed by atoms with Crippen molar-refractivity contribution in [2.24, 2.45) is 5.92 Å². The van der Waals surface area contributed by atoms with Gasteiger partial charge in [0.05, 0.1) is 5.92 Å². The van der Waals surface area contributed by atoms with Gasteiger partial charge in [-0.1, -0.05) is 24.3 Å². The standard InChI is InChI=1S/C14H18F3N/c1-10-5-2-3-6-11(10)9-13-12(14(15,16)17)7-4-8-18-13/h2-3,5-6,12-13,18H,4,7-9H2,1H3. The number of benzene rings is 1. The van der Waals surface area contributed by atoms with Gasteiger partial charge in [-0.3, -0.25) is 0 Å². The number of nitrogens with one attached hydrogen (secondary N) is 1. The van der Waals surface area contributed by atoms with Crippen molar-refractivity contribution in [3.05, 3.63) is 35.4 Å². The number of piperidine rings is 1. The van der Waals surface area contributed by atoms with Crippen LogP contribution in [-0.4, -0.2) is 18.8 Å². The first-order valence-electron chi connectivity index (χ1n) is 6.33. The maximum absolute atomic E-state index is 13.0. The Morgan fingerprint density at radius 1 is 1.28 bits per heavy atom. The number of rotatable bonds is 2. The molecule has 0 amide bonds. The molecule has 4 heteroatoms. The van der Waals surface area contributed by atoms with Crippen molar-refractivity contribution < 1.29 is 13.2 Å². The molecule has 0 saturated carbocycles. The molecule has 1 aromatic rings. The largest absolute Gasteiger partial charge is 0.393 e. The van der Waals surface area contributed by atoms with Gasteiger partial charge < -0.3 is 5.32 Å². The number of alkyl halides is 3. The van der Waals surface area contributed by atoms with Crippen molar-refractivity contribution in [2.45, 2.75) is 38.4 Å². The van der Waals surface area contributed by atoms with E-state index in [0.29, 0.717) is 19.4 Å². The smallest absolute Gasteiger partial charge is 0.313 e. The van der Waals surface area contributed by atoms with Gasteiger partial charge in [-0.2, -0.15) is 13.2 Å². The van der Waals surface area contributed by atoms with E-state index in [2.05, 4.69) is 5.32 Å². The number of hydrogen-bond acceptors (Lipinski definition) is 1. The van der Waals surface area contributed by atoms with Gasteiger partial charge in [0.1, 0.15) is 0 Å². The van der Waals surface area contributed by atoms with E-state index in [-0.39, 0.29) is 6.42 Å². The Morgan fingerprint density at radius 2 is 2.00 bits per heavy atom. The highest BCUT2D eigenvalue weighted by Gasteiger charge is 2.45. The average Bonchev–Trinajstić information content (AvgIpc) is 2.31. The molecule has 1 saturated heterocycles. The third kappa shape index (κ3) is 3.05. The fraction of sp³-hybridized carbons (Fsp3) is 0.571. The Balaban J connectivity index is 2.13. The van der Waals surface area contributed by atoms with Gasteiger partial charge in [0.25, 0.3) is 0 Å². The maximum Gasteiger partial charge on any atom is 0.393 e. The van der Waals surface area contributed by atoms with Crippen molar-refractivity contribution >= 4 is 0 Å². The summed E-state index contributed by atoms with van der Waals surface area (Å²) in [4.78, 5) is 0. The zero-order chi connectivity index (χ0) is 13.2. The molecule has 0 bridgehead atoms. The summed E-state index contributed by atoms with van der Waals surface area (Å²) in [6, 6.07) is 7.17. The first-order valence-corrected chi connectivity index (χ1v) is 6.33. The van der Waals surface area contributed by atoms with Crippen molar-refractivity contribution in [1.82, 2.24) is 5.32 Å². The topological polar surface area (TPSA) is 12.0 Å². The van der Waals surface area contributed by atoms with E-state index in [0.717, 1.165) is 11.1 Å². The molecule has 1 nitrogen and oxygen atoms in total. The Bertz CT molecular complexity index is 400. The van der Waals surface area contributed by atoms with Crippen LogP contribution in [0.25, 0.3) is 0 Å². The molecular formula is C14H18F3N. The fourth-order valence-corrected chi connectivity index (χ4v) is 2.64. The van der Waals surface area contributed by atoms with Crippen LogP contribution in [0.1, 0.15) is 24.0 Å². The molecule has 1 fully saturated rings. The van der Waals surface area contributed by atoms with Crippen LogP contribution in [0, 0.1) is 12.8 Å². The van der Waals surface area contributed by atoms with Gasteiger partial charge in [-0.15, -0.1) is 0 Å². The lowest BCUT2D eigenvalue weighted by atomic mass is 9.85. The minimum Gasteiger partial charge on any atom is -0.313 e.